The highest BCUT2D eigenvalue weighted by atomic mass is 15.1. The Hall–Kier alpha value is -6.96. The maximum absolute atomic E-state index is 2.51. The van der Waals surface area contributed by atoms with E-state index in [1.165, 1.54) is 96.3 Å². The van der Waals surface area contributed by atoms with Crippen molar-refractivity contribution in [1.29, 1.82) is 0 Å². The number of para-hydroxylation sites is 1. The summed E-state index contributed by atoms with van der Waals surface area (Å²) in [5, 5.41) is 0. The van der Waals surface area contributed by atoms with Crippen LogP contribution in [0.2, 0.25) is 0 Å². The fourth-order valence-electron chi connectivity index (χ4n) is 10.3. The highest BCUT2D eigenvalue weighted by molar-refractivity contribution is 5.98. The lowest BCUT2D eigenvalue weighted by molar-refractivity contribution is 0.609. The van der Waals surface area contributed by atoms with Gasteiger partial charge in [-0.2, -0.15) is 0 Å². The molecule has 0 saturated heterocycles. The maximum Gasteiger partial charge on any atom is 0.0540 e. The zero-order valence-electron chi connectivity index (χ0n) is 37.0. The van der Waals surface area contributed by atoms with Gasteiger partial charge in [0.2, 0.25) is 0 Å². The molecule has 0 spiro atoms. The average molecular weight is 814 g/mol. The number of anilines is 3. The Kier molecular flexibility index (Phi) is 10.9. The van der Waals surface area contributed by atoms with Crippen LogP contribution in [0.5, 0.6) is 0 Å². The SMILES string of the molecule is CCCCc1ccccc1-c1ccc(-c2ccc(N(c3cccc(-c4ccccc4)c3)c3ccccc3-c3ccccc3C3=CC4=C(CC3)C(C)(C)c3ccccc34)cc2)cc1C. The van der Waals surface area contributed by atoms with E-state index in [-0.39, 0.29) is 5.41 Å². The van der Waals surface area contributed by atoms with Gasteiger partial charge >= 0.3 is 0 Å². The van der Waals surface area contributed by atoms with Crippen molar-refractivity contribution in [3.05, 3.63) is 234 Å². The minimum absolute atomic E-state index is 0.0484. The summed E-state index contributed by atoms with van der Waals surface area (Å²) in [5.74, 6) is 0. The lowest BCUT2D eigenvalue weighted by atomic mass is 9.76. The van der Waals surface area contributed by atoms with E-state index in [9.17, 15) is 0 Å². The van der Waals surface area contributed by atoms with Crippen LogP contribution in [-0.4, -0.2) is 0 Å². The molecule has 0 saturated carbocycles. The minimum atomic E-state index is 0.0484. The minimum Gasteiger partial charge on any atom is -0.310 e. The Labute approximate surface area is 374 Å². The van der Waals surface area contributed by atoms with Crippen LogP contribution in [0.4, 0.5) is 17.1 Å². The first kappa shape index (κ1) is 40.1. The molecule has 1 nitrogen and oxygen atoms in total. The van der Waals surface area contributed by atoms with Crippen molar-refractivity contribution in [2.24, 2.45) is 0 Å². The normalized spacial score (nSPS) is 13.9. The molecule has 10 rings (SSSR count). The molecule has 0 atom stereocenters. The van der Waals surface area contributed by atoms with Gasteiger partial charge in [0.15, 0.2) is 0 Å². The number of benzene rings is 8. The van der Waals surface area contributed by atoms with E-state index in [1.54, 1.807) is 5.57 Å². The van der Waals surface area contributed by atoms with Gasteiger partial charge in [-0.25, -0.2) is 0 Å². The van der Waals surface area contributed by atoms with Gasteiger partial charge in [-0.3, -0.25) is 0 Å². The smallest absolute Gasteiger partial charge is 0.0540 e. The Morgan fingerprint density at radius 3 is 1.87 bits per heavy atom. The second-order valence-electron chi connectivity index (χ2n) is 17.9. The van der Waals surface area contributed by atoms with E-state index in [0.717, 1.165) is 36.3 Å². The zero-order valence-corrected chi connectivity index (χ0v) is 37.0. The summed E-state index contributed by atoms with van der Waals surface area (Å²) in [5.41, 5.74) is 24.7. The second-order valence-corrected chi connectivity index (χ2v) is 17.9. The number of unbranched alkanes of at least 4 members (excludes halogenated alkanes) is 1. The molecule has 308 valence electrons. The lowest BCUT2D eigenvalue weighted by Crippen LogP contribution is -2.18. The summed E-state index contributed by atoms with van der Waals surface area (Å²) < 4.78 is 0. The second kappa shape index (κ2) is 17.1. The van der Waals surface area contributed by atoms with Gasteiger partial charge in [-0.05, 0) is 141 Å². The fourth-order valence-corrected chi connectivity index (χ4v) is 10.3. The molecular formula is C62H55N. The first-order valence-corrected chi connectivity index (χ1v) is 22.9. The number of hydrogen-bond donors (Lipinski definition) is 0. The molecule has 2 aliphatic carbocycles. The van der Waals surface area contributed by atoms with Crippen molar-refractivity contribution in [2.45, 2.75) is 65.2 Å². The number of aryl methyl sites for hydroxylation is 2. The molecule has 63 heavy (non-hydrogen) atoms. The highest BCUT2D eigenvalue weighted by Gasteiger charge is 2.38. The Bertz CT molecular complexity index is 3010. The third-order valence-electron chi connectivity index (χ3n) is 13.6. The largest absolute Gasteiger partial charge is 0.310 e. The molecule has 0 fully saturated rings. The standard InChI is InChI=1S/C62H55N/c1-5-6-19-46-22-10-11-25-53(46)52-38-34-48(40-43(52)2)45-32-36-50(37-33-45)63(51-24-18-23-47(41-51)44-20-8-7-9-21-44)61-31-17-15-29-57(61)55-27-13-12-26-54(55)49-35-39-60-58(42-49)56-28-14-16-30-59(56)62(60,3)4/h7-18,20-34,36-38,40-42H,5-6,19,35,39H2,1-4H3. The van der Waals surface area contributed by atoms with Gasteiger partial charge in [-0.1, -0.05) is 203 Å². The third kappa shape index (κ3) is 7.57. The van der Waals surface area contributed by atoms with E-state index in [1.807, 2.05) is 0 Å². The van der Waals surface area contributed by atoms with Gasteiger partial charge < -0.3 is 4.90 Å². The quantitative estimate of drug-likeness (QED) is 0.126. The summed E-state index contributed by atoms with van der Waals surface area (Å²) >= 11 is 0. The average Bonchev–Trinajstić information content (AvgIpc) is 3.57. The molecule has 2 aliphatic rings. The fraction of sp³-hybridized carbons (Fsp3) is 0.161. The molecule has 0 amide bonds. The molecule has 0 unspecified atom stereocenters. The van der Waals surface area contributed by atoms with Crippen LogP contribution in [0.1, 0.15) is 74.3 Å². The third-order valence-corrected chi connectivity index (χ3v) is 13.6. The van der Waals surface area contributed by atoms with Crippen molar-refractivity contribution < 1.29 is 0 Å². The first-order chi connectivity index (χ1) is 30.9. The monoisotopic (exact) mass is 813 g/mol. The van der Waals surface area contributed by atoms with Crippen molar-refractivity contribution in [1.82, 2.24) is 0 Å². The molecule has 1 heteroatoms. The molecule has 0 N–H and O–H groups in total. The highest BCUT2D eigenvalue weighted by Crippen LogP contribution is 2.53. The van der Waals surface area contributed by atoms with Crippen LogP contribution in [0, 0.1) is 6.92 Å². The van der Waals surface area contributed by atoms with Crippen LogP contribution in [-0.2, 0) is 11.8 Å². The summed E-state index contributed by atoms with van der Waals surface area (Å²) in [6, 6.07) is 71.9. The van der Waals surface area contributed by atoms with Crippen molar-refractivity contribution in [3.8, 4) is 44.5 Å². The van der Waals surface area contributed by atoms with E-state index >= 15 is 0 Å². The van der Waals surface area contributed by atoms with Gasteiger partial charge in [0.25, 0.3) is 0 Å². The predicted octanol–water partition coefficient (Wildman–Crippen LogP) is 17.4. The summed E-state index contributed by atoms with van der Waals surface area (Å²) in [7, 11) is 0. The van der Waals surface area contributed by atoms with Crippen molar-refractivity contribution in [2.75, 3.05) is 4.90 Å². The lowest BCUT2D eigenvalue weighted by Gasteiger charge is -2.30. The molecule has 0 aromatic heterocycles. The molecular weight excluding hydrogens is 759 g/mol. The van der Waals surface area contributed by atoms with Crippen molar-refractivity contribution in [3.63, 3.8) is 0 Å². The summed E-state index contributed by atoms with van der Waals surface area (Å²) in [6.45, 7) is 9.33. The number of nitrogens with zero attached hydrogens (tertiary/aromatic N) is 1. The van der Waals surface area contributed by atoms with E-state index in [0.29, 0.717) is 0 Å². The summed E-state index contributed by atoms with van der Waals surface area (Å²) in [6.07, 6.45) is 8.11. The van der Waals surface area contributed by atoms with E-state index in [2.05, 4.69) is 233 Å². The van der Waals surface area contributed by atoms with E-state index < -0.39 is 0 Å². The molecule has 0 radical (unpaired) electrons. The number of hydrogen-bond acceptors (Lipinski definition) is 1. The Balaban J connectivity index is 1.06. The van der Waals surface area contributed by atoms with Crippen LogP contribution in [0.3, 0.4) is 0 Å². The zero-order chi connectivity index (χ0) is 42.9. The number of fused-ring (bicyclic) bond motifs is 2. The van der Waals surface area contributed by atoms with E-state index in [4.69, 9.17) is 0 Å². The molecule has 0 aliphatic heterocycles. The van der Waals surface area contributed by atoms with Crippen LogP contribution >= 0.6 is 0 Å². The Morgan fingerprint density at radius 2 is 1.10 bits per heavy atom. The Morgan fingerprint density at radius 1 is 0.476 bits per heavy atom. The van der Waals surface area contributed by atoms with Gasteiger partial charge in [-0.15, -0.1) is 0 Å². The number of rotatable bonds is 11. The topological polar surface area (TPSA) is 3.24 Å². The summed E-state index contributed by atoms with van der Waals surface area (Å²) in [4.78, 5) is 2.45. The predicted molar refractivity (Wildman–Crippen MR) is 270 cm³/mol. The molecule has 0 bridgehead atoms. The van der Waals surface area contributed by atoms with Gasteiger partial charge in [0.1, 0.15) is 0 Å². The molecule has 8 aromatic rings. The van der Waals surface area contributed by atoms with Gasteiger partial charge in [0.05, 0.1) is 5.69 Å². The van der Waals surface area contributed by atoms with Crippen LogP contribution < -0.4 is 4.90 Å². The van der Waals surface area contributed by atoms with Crippen LogP contribution in [0.15, 0.2) is 206 Å². The molecule has 0 heterocycles. The van der Waals surface area contributed by atoms with Crippen molar-refractivity contribution >= 4 is 28.2 Å². The first-order valence-electron chi connectivity index (χ1n) is 22.9. The molecule has 8 aromatic carbocycles. The maximum atomic E-state index is 2.51. The van der Waals surface area contributed by atoms with Crippen LogP contribution in [0.25, 0.3) is 55.7 Å². The number of allylic oxidation sites excluding steroid dienone is 4. The van der Waals surface area contributed by atoms with Gasteiger partial charge in [0, 0.05) is 22.4 Å².